The highest BCUT2D eigenvalue weighted by atomic mass is 19.2. The van der Waals surface area contributed by atoms with Crippen LogP contribution in [0.2, 0.25) is 0 Å². The summed E-state index contributed by atoms with van der Waals surface area (Å²) in [6.07, 6.45) is 1.73. The summed E-state index contributed by atoms with van der Waals surface area (Å²) < 4.78 is 52.4. The molecule has 2 fully saturated rings. The van der Waals surface area contributed by atoms with Gasteiger partial charge in [-0.1, -0.05) is 0 Å². The van der Waals surface area contributed by atoms with Crippen LogP contribution in [0, 0.1) is 17.5 Å². The molecule has 3 aromatic rings. The second-order valence-corrected chi connectivity index (χ2v) is 9.28. The molecule has 2 saturated heterocycles. The summed E-state index contributed by atoms with van der Waals surface area (Å²) in [5, 5.41) is 3.26. The van der Waals surface area contributed by atoms with E-state index < -0.39 is 23.6 Å². The number of carbonyl (C=O) groups is 1. The molecule has 0 radical (unpaired) electrons. The molecule has 8 nitrogen and oxygen atoms in total. The summed E-state index contributed by atoms with van der Waals surface area (Å²) in [5.74, 6) is -3.98. The van der Waals surface area contributed by atoms with E-state index in [1.54, 1.807) is 37.2 Å². The van der Waals surface area contributed by atoms with Gasteiger partial charge in [-0.05, 0) is 32.0 Å². The van der Waals surface area contributed by atoms with Crippen molar-refractivity contribution >= 4 is 22.8 Å². The van der Waals surface area contributed by atoms with Crippen molar-refractivity contribution in [1.29, 1.82) is 0 Å². The summed E-state index contributed by atoms with van der Waals surface area (Å²) in [4.78, 5) is 26.6. The maximum absolute atomic E-state index is 13.8. The van der Waals surface area contributed by atoms with Gasteiger partial charge in [0, 0.05) is 56.0 Å². The number of anilines is 1. The summed E-state index contributed by atoms with van der Waals surface area (Å²) in [7, 11) is 1.76. The molecule has 2 aliphatic heterocycles. The average molecular weight is 516 g/mol. The van der Waals surface area contributed by atoms with Gasteiger partial charge in [0.15, 0.2) is 17.5 Å². The van der Waals surface area contributed by atoms with Crippen LogP contribution in [-0.4, -0.2) is 73.3 Å². The van der Waals surface area contributed by atoms with Crippen LogP contribution in [-0.2, 0) is 4.74 Å². The van der Waals surface area contributed by atoms with Gasteiger partial charge in [-0.3, -0.25) is 9.78 Å². The van der Waals surface area contributed by atoms with E-state index in [4.69, 9.17) is 14.5 Å². The van der Waals surface area contributed by atoms with Crippen molar-refractivity contribution in [3.8, 4) is 5.75 Å². The Hall–Kier alpha value is -3.44. The van der Waals surface area contributed by atoms with Crippen LogP contribution < -0.4 is 15.0 Å². The fraction of sp³-hybridized carbons (Fsp3) is 0.423. The fourth-order valence-corrected chi connectivity index (χ4v) is 4.72. The molecular weight excluding hydrogens is 487 g/mol. The lowest BCUT2D eigenvalue weighted by atomic mass is 10.0. The first kappa shape index (κ1) is 25.2. The van der Waals surface area contributed by atoms with Gasteiger partial charge in [0.05, 0.1) is 30.4 Å². The second-order valence-electron chi connectivity index (χ2n) is 9.28. The molecule has 196 valence electrons. The number of amides is 1. The van der Waals surface area contributed by atoms with Crippen molar-refractivity contribution in [2.45, 2.75) is 25.5 Å². The van der Waals surface area contributed by atoms with E-state index in [1.807, 2.05) is 0 Å². The molecule has 3 heterocycles. The smallest absolute Gasteiger partial charge is 0.253 e. The van der Waals surface area contributed by atoms with E-state index in [-0.39, 0.29) is 17.7 Å². The minimum absolute atomic E-state index is 0.0697. The number of nitrogens with one attached hydrogen (secondary N) is 1. The minimum Gasteiger partial charge on any atom is -0.486 e. The van der Waals surface area contributed by atoms with Crippen molar-refractivity contribution in [2.75, 3.05) is 51.3 Å². The highest BCUT2D eigenvalue weighted by Crippen LogP contribution is 2.31. The van der Waals surface area contributed by atoms with E-state index in [2.05, 4.69) is 15.2 Å². The molecular formula is C26H28F3N5O3. The van der Waals surface area contributed by atoms with Crippen LogP contribution in [0.1, 0.15) is 35.4 Å². The van der Waals surface area contributed by atoms with Crippen LogP contribution in [0.4, 0.5) is 19.0 Å². The van der Waals surface area contributed by atoms with E-state index in [0.717, 1.165) is 25.1 Å². The predicted octanol–water partition coefficient (Wildman–Crippen LogP) is 3.46. The Labute approximate surface area is 212 Å². The Bertz CT molecular complexity index is 1290. The van der Waals surface area contributed by atoms with Crippen molar-refractivity contribution in [2.24, 2.45) is 0 Å². The highest BCUT2D eigenvalue weighted by Gasteiger charge is 2.26. The highest BCUT2D eigenvalue weighted by molar-refractivity contribution is 5.98. The van der Waals surface area contributed by atoms with Crippen molar-refractivity contribution < 1.29 is 27.4 Å². The van der Waals surface area contributed by atoms with Crippen LogP contribution in [0.25, 0.3) is 11.0 Å². The molecule has 2 aromatic carbocycles. The largest absolute Gasteiger partial charge is 0.486 e. The van der Waals surface area contributed by atoms with Gasteiger partial charge in [0.1, 0.15) is 17.7 Å². The summed E-state index contributed by atoms with van der Waals surface area (Å²) >= 11 is 0. The molecule has 1 N–H and O–H groups in total. The van der Waals surface area contributed by atoms with Crippen molar-refractivity contribution in [3.63, 3.8) is 0 Å². The van der Waals surface area contributed by atoms with Crippen LogP contribution in [0.5, 0.6) is 5.75 Å². The summed E-state index contributed by atoms with van der Waals surface area (Å²) in [6, 6.07) is 5.03. The fourth-order valence-electron chi connectivity index (χ4n) is 4.72. The lowest BCUT2D eigenvalue weighted by Crippen LogP contribution is -2.38. The number of nitrogens with zero attached hydrogens (tertiary/aromatic N) is 4. The van der Waals surface area contributed by atoms with Gasteiger partial charge in [-0.15, -0.1) is 0 Å². The third kappa shape index (κ3) is 5.19. The number of aromatic nitrogens is 2. The third-order valence-corrected chi connectivity index (χ3v) is 6.86. The number of halogens is 3. The topological polar surface area (TPSA) is 79.8 Å². The SMILES string of the molecule is CC(Oc1cc(F)c(F)c(F)c1)c1cc(C(=O)N(C)C2CCNC2)cc2ncc(N3CCOCC3)nc12. The number of hydrogen-bond acceptors (Lipinski definition) is 7. The van der Waals surface area contributed by atoms with Crippen molar-refractivity contribution in [1.82, 2.24) is 20.2 Å². The lowest BCUT2D eigenvalue weighted by Gasteiger charge is -2.28. The second kappa shape index (κ2) is 10.5. The van der Waals surface area contributed by atoms with Crippen molar-refractivity contribution in [3.05, 3.63) is 59.0 Å². The molecule has 0 spiro atoms. The Balaban J connectivity index is 1.55. The molecule has 0 bridgehead atoms. The van der Waals surface area contributed by atoms with Gasteiger partial charge in [0.2, 0.25) is 0 Å². The first-order valence-electron chi connectivity index (χ1n) is 12.2. The Morgan fingerprint density at radius 2 is 1.92 bits per heavy atom. The predicted molar refractivity (Wildman–Crippen MR) is 131 cm³/mol. The maximum Gasteiger partial charge on any atom is 0.253 e. The van der Waals surface area contributed by atoms with E-state index >= 15 is 0 Å². The molecule has 5 rings (SSSR count). The molecule has 0 saturated carbocycles. The number of hydrogen-bond donors (Lipinski definition) is 1. The Morgan fingerprint density at radius 3 is 2.59 bits per heavy atom. The van der Waals surface area contributed by atoms with E-state index in [9.17, 15) is 18.0 Å². The quantitative estimate of drug-likeness (QED) is 0.504. The monoisotopic (exact) mass is 515 g/mol. The molecule has 37 heavy (non-hydrogen) atoms. The van der Waals surface area contributed by atoms with Gasteiger partial charge < -0.3 is 24.6 Å². The average Bonchev–Trinajstić information content (AvgIpc) is 3.45. The number of morpholine rings is 1. The van der Waals surface area contributed by atoms with Crippen LogP contribution in [0.3, 0.4) is 0 Å². The van der Waals surface area contributed by atoms with Crippen LogP contribution >= 0.6 is 0 Å². The third-order valence-electron chi connectivity index (χ3n) is 6.86. The number of likely N-dealkylation sites (N-methyl/N-ethyl adjacent to an activating group) is 1. The molecule has 1 amide bonds. The first-order valence-corrected chi connectivity index (χ1v) is 12.2. The van der Waals surface area contributed by atoms with E-state index in [0.29, 0.717) is 60.8 Å². The standard InChI is InChI=1S/C26H28F3N5O3/c1-15(37-18-11-20(27)24(29)21(28)12-18)19-9-16(26(35)33(2)17-3-4-30-13-17)10-22-25(19)32-23(14-31-22)34-5-7-36-8-6-34/h9-12,14-15,17,30H,3-8,13H2,1-2H3. The van der Waals surface area contributed by atoms with E-state index in [1.165, 1.54) is 0 Å². The Morgan fingerprint density at radius 1 is 1.19 bits per heavy atom. The summed E-state index contributed by atoms with van der Waals surface area (Å²) in [5.41, 5.74) is 1.91. The lowest BCUT2D eigenvalue weighted by molar-refractivity contribution is 0.0743. The Kier molecular flexibility index (Phi) is 7.16. The first-order chi connectivity index (χ1) is 17.8. The summed E-state index contributed by atoms with van der Waals surface area (Å²) in [6.45, 7) is 5.70. The molecule has 2 atom stereocenters. The molecule has 11 heteroatoms. The van der Waals surface area contributed by atoms with Gasteiger partial charge in [-0.2, -0.15) is 0 Å². The zero-order valence-electron chi connectivity index (χ0n) is 20.6. The van der Waals surface area contributed by atoms with Gasteiger partial charge in [-0.25, -0.2) is 18.2 Å². The number of rotatable bonds is 6. The maximum atomic E-state index is 13.8. The van der Waals surface area contributed by atoms with Gasteiger partial charge in [0.25, 0.3) is 5.91 Å². The zero-order chi connectivity index (χ0) is 26.1. The molecule has 0 aliphatic carbocycles. The van der Waals surface area contributed by atoms with Crippen LogP contribution in [0.15, 0.2) is 30.5 Å². The number of carbonyl (C=O) groups excluding carboxylic acids is 1. The normalized spacial score (nSPS) is 18.7. The number of fused-ring (bicyclic) bond motifs is 1. The number of benzene rings is 2. The zero-order valence-corrected chi connectivity index (χ0v) is 20.6. The number of ether oxygens (including phenoxy) is 2. The molecule has 1 aromatic heterocycles. The molecule has 2 aliphatic rings. The van der Waals surface area contributed by atoms with Gasteiger partial charge >= 0.3 is 0 Å². The minimum atomic E-state index is -1.57. The molecule has 2 unspecified atom stereocenters.